The van der Waals surface area contributed by atoms with Crippen LogP contribution in [0, 0.1) is 11.6 Å². The molecule has 0 radical (unpaired) electrons. The Balaban J connectivity index is 3.24. The number of rotatable bonds is 3. The maximum atomic E-state index is 12.7. The van der Waals surface area contributed by atoms with Crippen LogP contribution in [0.15, 0.2) is 23.1 Å². The third-order valence-electron chi connectivity index (χ3n) is 1.73. The highest BCUT2D eigenvalue weighted by molar-refractivity contribution is 8.05. The number of halogens is 5. The molecule has 0 aliphatic heterocycles. The molecule has 0 aliphatic rings. The van der Waals surface area contributed by atoms with Crippen LogP contribution in [0.4, 0.5) is 22.0 Å². The number of nitrogens with one attached hydrogen (secondary N) is 1. The van der Waals surface area contributed by atoms with Crippen LogP contribution in [0.1, 0.15) is 0 Å². The maximum absolute atomic E-state index is 12.7. The second kappa shape index (κ2) is 4.68. The van der Waals surface area contributed by atoms with Gasteiger partial charge in [-0.1, -0.05) is 4.13 Å². The molecule has 1 N–H and O–H groups in total. The van der Waals surface area contributed by atoms with Gasteiger partial charge in [-0.3, -0.25) is 0 Å². The van der Waals surface area contributed by atoms with E-state index in [1.54, 1.807) is 0 Å². The first-order valence-corrected chi connectivity index (χ1v) is 7.13. The van der Waals surface area contributed by atoms with E-state index in [1.807, 2.05) is 0 Å². The van der Waals surface area contributed by atoms with Crippen molar-refractivity contribution in [3.63, 3.8) is 0 Å². The lowest BCUT2D eigenvalue weighted by atomic mass is 10.3. The average molecular weight is 325 g/mol. The molecule has 1 aromatic rings. The summed E-state index contributed by atoms with van der Waals surface area (Å²) in [5, 5.41) is 0. The Morgan fingerprint density at radius 1 is 0.947 bits per heavy atom. The third-order valence-corrected chi connectivity index (χ3v) is 4.96. The van der Waals surface area contributed by atoms with E-state index in [1.165, 1.54) is 0 Å². The SMILES string of the molecule is O=S(=O)(NS(=O)(=O)C(F)(F)F)c1ccc(F)c(F)c1. The zero-order valence-corrected chi connectivity index (χ0v) is 10.2. The summed E-state index contributed by atoms with van der Waals surface area (Å²) in [6, 6.07) is 0.778. The molecule has 0 bridgehead atoms. The predicted octanol–water partition coefficient (Wildman–Crippen LogP) is 1.09. The number of sulfonamides is 2. The van der Waals surface area contributed by atoms with E-state index < -0.39 is 42.1 Å². The molecule has 0 aromatic heterocycles. The molecule has 0 spiro atoms. The highest BCUT2D eigenvalue weighted by Crippen LogP contribution is 2.24. The molecule has 0 aliphatic carbocycles. The second-order valence-corrected chi connectivity index (χ2v) is 6.73. The fourth-order valence-corrected chi connectivity index (χ4v) is 3.31. The maximum Gasteiger partial charge on any atom is 0.512 e. The number of benzene rings is 1. The standard InChI is InChI=1S/C7H4F5NO4S2/c8-5-2-1-4(3-6(5)9)18(14,15)13-19(16,17)7(10,11)12/h1-3,13H. The first kappa shape index (κ1) is 15.8. The van der Waals surface area contributed by atoms with E-state index in [-0.39, 0.29) is 6.07 Å². The molecule has 12 heteroatoms. The van der Waals surface area contributed by atoms with Gasteiger partial charge < -0.3 is 0 Å². The van der Waals surface area contributed by atoms with Crippen molar-refractivity contribution in [1.82, 2.24) is 4.13 Å². The quantitative estimate of drug-likeness (QED) is 0.844. The summed E-state index contributed by atoms with van der Waals surface area (Å²) in [6.07, 6.45) is 0. The summed E-state index contributed by atoms with van der Waals surface area (Å²) in [4.78, 5) is -1.17. The molecule has 1 aromatic carbocycles. The van der Waals surface area contributed by atoms with Crippen LogP contribution in [-0.2, 0) is 20.0 Å². The Hall–Kier alpha value is -1.27. The molecule has 0 saturated carbocycles. The lowest BCUT2D eigenvalue weighted by Gasteiger charge is -2.10. The Bertz CT molecular complexity index is 695. The van der Waals surface area contributed by atoms with E-state index >= 15 is 0 Å². The Morgan fingerprint density at radius 3 is 1.89 bits per heavy atom. The molecule has 0 fully saturated rings. The summed E-state index contributed by atoms with van der Waals surface area (Å²) in [6.45, 7) is 0. The lowest BCUT2D eigenvalue weighted by molar-refractivity contribution is -0.0441. The van der Waals surface area contributed by atoms with Crippen LogP contribution >= 0.6 is 0 Å². The van der Waals surface area contributed by atoms with Crippen molar-refractivity contribution in [2.45, 2.75) is 10.4 Å². The Kier molecular flexibility index (Phi) is 3.89. The minimum absolute atomic E-state index is 0.0452. The molecule has 0 atom stereocenters. The van der Waals surface area contributed by atoms with Crippen molar-refractivity contribution in [2.24, 2.45) is 0 Å². The molecule has 5 nitrogen and oxygen atoms in total. The van der Waals surface area contributed by atoms with E-state index in [4.69, 9.17) is 0 Å². The average Bonchev–Trinajstić information content (AvgIpc) is 2.18. The Morgan fingerprint density at radius 2 is 1.47 bits per heavy atom. The molecule has 0 unspecified atom stereocenters. The zero-order valence-electron chi connectivity index (χ0n) is 8.57. The smallest absolute Gasteiger partial charge is 0.206 e. The fraction of sp³-hybridized carbons (Fsp3) is 0.143. The molecule has 19 heavy (non-hydrogen) atoms. The topological polar surface area (TPSA) is 80.3 Å². The van der Waals surface area contributed by atoms with Gasteiger partial charge >= 0.3 is 15.5 Å². The minimum atomic E-state index is -6.18. The van der Waals surface area contributed by atoms with Gasteiger partial charge in [0.05, 0.1) is 4.90 Å². The number of hydrogen-bond acceptors (Lipinski definition) is 4. The first-order valence-electron chi connectivity index (χ1n) is 4.17. The minimum Gasteiger partial charge on any atom is -0.206 e. The van der Waals surface area contributed by atoms with Gasteiger partial charge in [0.15, 0.2) is 11.6 Å². The van der Waals surface area contributed by atoms with Crippen LogP contribution in [0.3, 0.4) is 0 Å². The molecule has 0 heterocycles. The second-order valence-electron chi connectivity index (χ2n) is 3.11. The normalized spacial score (nSPS) is 13.5. The summed E-state index contributed by atoms with van der Waals surface area (Å²) >= 11 is 0. The van der Waals surface area contributed by atoms with E-state index in [0.29, 0.717) is 16.3 Å². The van der Waals surface area contributed by atoms with Gasteiger partial charge in [0, 0.05) is 0 Å². The fourth-order valence-electron chi connectivity index (χ4n) is 0.884. The lowest BCUT2D eigenvalue weighted by Crippen LogP contribution is -2.40. The largest absolute Gasteiger partial charge is 0.512 e. The Labute approximate surface area is 104 Å². The van der Waals surface area contributed by atoms with Crippen LogP contribution in [-0.4, -0.2) is 22.3 Å². The van der Waals surface area contributed by atoms with Gasteiger partial charge in [0.25, 0.3) is 10.0 Å². The van der Waals surface area contributed by atoms with Crippen molar-refractivity contribution < 1.29 is 38.8 Å². The highest BCUT2D eigenvalue weighted by Gasteiger charge is 2.48. The molecular weight excluding hydrogens is 321 g/mol. The zero-order chi connectivity index (χ0) is 15.1. The van der Waals surface area contributed by atoms with Crippen molar-refractivity contribution in [3.05, 3.63) is 29.8 Å². The molecule has 1 rings (SSSR count). The van der Waals surface area contributed by atoms with Crippen LogP contribution in [0.5, 0.6) is 0 Å². The van der Waals surface area contributed by atoms with Gasteiger partial charge in [0.2, 0.25) is 0 Å². The van der Waals surface area contributed by atoms with Gasteiger partial charge in [-0.15, -0.1) is 0 Å². The van der Waals surface area contributed by atoms with Gasteiger partial charge in [-0.2, -0.15) is 13.2 Å². The van der Waals surface area contributed by atoms with Gasteiger partial charge in [0.1, 0.15) is 0 Å². The van der Waals surface area contributed by atoms with Crippen molar-refractivity contribution in [3.8, 4) is 0 Å². The predicted molar refractivity (Wildman–Crippen MR) is 51.7 cm³/mol. The van der Waals surface area contributed by atoms with Crippen LogP contribution in [0.25, 0.3) is 0 Å². The summed E-state index contributed by atoms with van der Waals surface area (Å²) < 4.78 is 105. The number of hydrogen-bond donors (Lipinski definition) is 1. The molecule has 0 saturated heterocycles. The number of alkyl halides is 3. The van der Waals surface area contributed by atoms with Crippen molar-refractivity contribution in [1.29, 1.82) is 0 Å². The van der Waals surface area contributed by atoms with Gasteiger partial charge in [-0.25, -0.2) is 25.6 Å². The monoisotopic (exact) mass is 325 g/mol. The highest BCUT2D eigenvalue weighted by atomic mass is 32.3. The van der Waals surface area contributed by atoms with Crippen LogP contribution < -0.4 is 4.13 Å². The molecule has 0 amide bonds. The molecular formula is C7H4F5NO4S2. The summed E-state index contributed by atoms with van der Waals surface area (Å²) in [7, 11) is -11.4. The van der Waals surface area contributed by atoms with Crippen molar-refractivity contribution in [2.75, 3.05) is 0 Å². The van der Waals surface area contributed by atoms with Gasteiger partial charge in [-0.05, 0) is 18.2 Å². The van der Waals surface area contributed by atoms with E-state index in [9.17, 15) is 38.8 Å². The third kappa shape index (κ3) is 3.39. The summed E-state index contributed by atoms with van der Waals surface area (Å²) in [5.41, 5.74) is -5.86. The molecule has 108 valence electrons. The first-order chi connectivity index (χ1) is 8.37. The summed E-state index contributed by atoms with van der Waals surface area (Å²) in [5.74, 6) is -3.11. The van der Waals surface area contributed by atoms with Crippen molar-refractivity contribution >= 4 is 20.0 Å². The van der Waals surface area contributed by atoms with E-state index in [2.05, 4.69) is 0 Å². The van der Waals surface area contributed by atoms with E-state index in [0.717, 1.165) is 0 Å². The van der Waals surface area contributed by atoms with Crippen LogP contribution in [0.2, 0.25) is 0 Å².